The minimum Gasteiger partial charge on any atom is -0.344 e. The Bertz CT molecular complexity index is 505. The number of allylic oxidation sites excluding steroid dienone is 6. The van der Waals surface area contributed by atoms with Crippen molar-refractivity contribution >= 4 is 7.37 Å². The Hall–Kier alpha value is -0.590. The summed E-state index contributed by atoms with van der Waals surface area (Å²) < 4.78 is 13.6. The van der Waals surface area contributed by atoms with Crippen LogP contribution in [0, 0.1) is 5.92 Å². The van der Waals surface area contributed by atoms with Gasteiger partial charge in [0.15, 0.2) is 0 Å². The van der Waals surface area contributed by atoms with Crippen molar-refractivity contribution in [2.75, 3.05) is 0 Å². The summed E-state index contributed by atoms with van der Waals surface area (Å²) >= 11 is 0. The maximum Gasteiger partial charge on any atom is 0.210 e. The minimum atomic E-state index is -3.18. The first kappa shape index (κ1) is 15.3. The fourth-order valence-corrected chi connectivity index (χ4v) is 7.71. The lowest BCUT2D eigenvalue weighted by Gasteiger charge is -2.48. The van der Waals surface area contributed by atoms with Crippen molar-refractivity contribution in [3.05, 3.63) is 36.5 Å². The quantitative estimate of drug-likeness (QED) is 0.574. The third-order valence-corrected chi connectivity index (χ3v) is 9.29. The third-order valence-electron chi connectivity index (χ3n) is 5.79. The molecule has 0 radical (unpaired) electrons. The summed E-state index contributed by atoms with van der Waals surface area (Å²) in [7, 11) is -3.18. The van der Waals surface area contributed by atoms with E-state index in [0.717, 1.165) is 57.8 Å². The van der Waals surface area contributed by atoms with E-state index in [1.165, 1.54) is 0 Å². The molecule has 3 aliphatic carbocycles. The van der Waals surface area contributed by atoms with Gasteiger partial charge in [0.25, 0.3) is 0 Å². The van der Waals surface area contributed by atoms with Crippen molar-refractivity contribution in [3.63, 3.8) is 0 Å². The van der Waals surface area contributed by atoms with Crippen molar-refractivity contribution < 1.29 is 9.46 Å². The van der Waals surface area contributed by atoms with Crippen molar-refractivity contribution in [1.29, 1.82) is 0 Å². The highest BCUT2D eigenvalue weighted by Gasteiger charge is 2.54. The standard InChI is InChI=1S/C18H27O2P/c19-21(20,17-12-6-2-7-13-17)18(14-8-3-9-15-18)16-10-4-1-5-11-16/h1-4,6,8,16-17H,5,7,9-15H2,(H,19,20). The lowest BCUT2D eigenvalue weighted by atomic mass is 9.76. The van der Waals surface area contributed by atoms with Crippen LogP contribution in [0.25, 0.3) is 0 Å². The van der Waals surface area contributed by atoms with Gasteiger partial charge in [-0.15, -0.1) is 0 Å². The Morgan fingerprint density at radius 1 is 0.905 bits per heavy atom. The second kappa shape index (κ2) is 6.26. The van der Waals surface area contributed by atoms with Gasteiger partial charge in [-0.3, -0.25) is 4.57 Å². The molecule has 0 heterocycles. The molecule has 4 unspecified atom stereocenters. The summed E-state index contributed by atoms with van der Waals surface area (Å²) in [4.78, 5) is 11.2. The van der Waals surface area contributed by atoms with Gasteiger partial charge >= 0.3 is 0 Å². The second-order valence-electron chi connectivity index (χ2n) is 6.86. The molecule has 0 saturated carbocycles. The molecule has 0 bridgehead atoms. The lowest BCUT2D eigenvalue weighted by molar-refractivity contribution is 0.274. The highest BCUT2D eigenvalue weighted by Crippen LogP contribution is 2.69. The summed E-state index contributed by atoms with van der Waals surface area (Å²) in [6.07, 6.45) is 21.6. The summed E-state index contributed by atoms with van der Waals surface area (Å²) in [6, 6.07) is 0. The molecule has 0 amide bonds. The highest BCUT2D eigenvalue weighted by molar-refractivity contribution is 7.60. The fourth-order valence-electron chi connectivity index (χ4n) is 4.50. The Morgan fingerprint density at radius 3 is 2.19 bits per heavy atom. The van der Waals surface area contributed by atoms with Crippen LogP contribution in [0.4, 0.5) is 0 Å². The van der Waals surface area contributed by atoms with Gasteiger partial charge in [0.05, 0.1) is 5.16 Å². The van der Waals surface area contributed by atoms with Crippen LogP contribution in [-0.2, 0) is 4.57 Å². The zero-order valence-electron chi connectivity index (χ0n) is 12.8. The maximum absolute atomic E-state index is 13.6. The van der Waals surface area contributed by atoms with Crippen molar-refractivity contribution in [3.8, 4) is 0 Å². The molecule has 0 fully saturated rings. The topological polar surface area (TPSA) is 37.3 Å². The summed E-state index contributed by atoms with van der Waals surface area (Å²) in [5.41, 5.74) is -0.0140. The van der Waals surface area contributed by atoms with Gasteiger partial charge < -0.3 is 4.89 Å². The fraction of sp³-hybridized carbons (Fsp3) is 0.667. The third kappa shape index (κ3) is 2.73. The molecule has 3 heteroatoms. The van der Waals surface area contributed by atoms with Crippen LogP contribution < -0.4 is 0 Å². The second-order valence-corrected chi connectivity index (χ2v) is 9.73. The van der Waals surface area contributed by atoms with Gasteiger partial charge in [-0.05, 0) is 63.7 Å². The van der Waals surface area contributed by atoms with Crippen LogP contribution in [0.3, 0.4) is 0 Å². The molecule has 0 aromatic rings. The molecule has 0 aliphatic heterocycles. The van der Waals surface area contributed by atoms with E-state index in [4.69, 9.17) is 0 Å². The molecule has 0 aromatic heterocycles. The predicted molar refractivity (Wildman–Crippen MR) is 88.8 cm³/mol. The van der Waals surface area contributed by atoms with Crippen LogP contribution in [-0.4, -0.2) is 15.7 Å². The molecular formula is C18H27O2P. The summed E-state index contributed by atoms with van der Waals surface area (Å²) in [5, 5.41) is -0.359. The Balaban J connectivity index is 1.94. The van der Waals surface area contributed by atoms with Crippen molar-refractivity contribution in [1.82, 2.24) is 0 Å². The van der Waals surface area contributed by atoms with E-state index in [0.29, 0.717) is 5.92 Å². The van der Waals surface area contributed by atoms with Gasteiger partial charge in [-0.2, -0.15) is 0 Å². The Labute approximate surface area is 128 Å². The predicted octanol–water partition coefficient (Wildman–Crippen LogP) is 5.20. The van der Waals surface area contributed by atoms with Gasteiger partial charge in [-0.25, -0.2) is 0 Å². The SMILES string of the molecule is O=P(O)(C1CC=CCC1)C1(C2CC=CCC2)CC=CCC1. The zero-order chi connectivity index (χ0) is 14.8. The molecule has 4 atom stereocenters. The first-order chi connectivity index (χ1) is 10.2. The molecule has 116 valence electrons. The molecule has 21 heavy (non-hydrogen) atoms. The normalized spacial score (nSPS) is 39.1. The molecule has 3 aliphatic rings. The number of hydrogen-bond donors (Lipinski definition) is 1. The molecule has 3 rings (SSSR count). The van der Waals surface area contributed by atoms with Gasteiger partial charge in [0.1, 0.15) is 0 Å². The largest absolute Gasteiger partial charge is 0.344 e. The first-order valence-electron chi connectivity index (χ1n) is 8.44. The van der Waals surface area contributed by atoms with Crippen LogP contribution in [0.2, 0.25) is 0 Å². The van der Waals surface area contributed by atoms with E-state index in [-0.39, 0.29) is 10.8 Å². The van der Waals surface area contributed by atoms with Crippen LogP contribution >= 0.6 is 7.37 Å². The van der Waals surface area contributed by atoms with Gasteiger partial charge in [-0.1, -0.05) is 36.5 Å². The average Bonchev–Trinajstić information content (AvgIpc) is 2.57. The first-order valence-corrected chi connectivity index (χ1v) is 10.2. The van der Waals surface area contributed by atoms with E-state index in [9.17, 15) is 9.46 Å². The number of rotatable bonds is 3. The van der Waals surface area contributed by atoms with E-state index in [1.54, 1.807) is 0 Å². The van der Waals surface area contributed by atoms with Crippen molar-refractivity contribution in [2.45, 2.75) is 68.6 Å². The maximum atomic E-state index is 13.6. The highest BCUT2D eigenvalue weighted by atomic mass is 31.2. The number of hydrogen-bond acceptors (Lipinski definition) is 1. The van der Waals surface area contributed by atoms with Crippen LogP contribution in [0.5, 0.6) is 0 Å². The smallest absolute Gasteiger partial charge is 0.210 e. The summed E-state index contributed by atoms with van der Waals surface area (Å²) in [5.74, 6) is 0.384. The molecule has 1 N–H and O–H groups in total. The minimum absolute atomic E-state index is 0.0140. The summed E-state index contributed by atoms with van der Waals surface area (Å²) in [6.45, 7) is 0. The van der Waals surface area contributed by atoms with E-state index in [1.807, 2.05) is 0 Å². The molecule has 0 spiro atoms. The van der Waals surface area contributed by atoms with E-state index < -0.39 is 7.37 Å². The van der Waals surface area contributed by atoms with Gasteiger partial charge in [0, 0.05) is 5.66 Å². The van der Waals surface area contributed by atoms with Crippen molar-refractivity contribution in [2.24, 2.45) is 5.92 Å². The van der Waals surface area contributed by atoms with E-state index in [2.05, 4.69) is 36.5 Å². The van der Waals surface area contributed by atoms with Crippen LogP contribution in [0.1, 0.15) is 57.8 Å². The Morgan fingerprint density at radius 2 is 1.62 bits per heavy atom. The molecule has 2 nitrogen and oxygen atoms in total. The van der Waals surface area contributed by atoms with Gasteiger partial charge in [0.2, 0.25) is 7.37 Å². The molecule has 0 saturated heterocycles. The monoisotopic (exact) mass is 306 g/mol. The molecular weight excluding hydrogens is 279 g/mol. The van der Waals surface area contributed by atoms with Crippen LogP contribution in [0.15, 0.2) is 36.5 Å². The zero-order valence-corrected chi connectivity index (χ0v) is 13.7. The van der Waals surface area contributed by atoms with E-state index >= 15 is 0 Å². The molecule has 0 aromatic carbocycles. The lowest BCUT2D eigenvalue weighted by Crippen LogP contribution is -2.42. The Kier molecular flexibility index (Phi) is 4.57. The average molecular weight is 306 g/mol.